The average Bonchev–Trinajstić information content (AvgIpc) is 2.21. The molecule has 0 spiro atoms. The summed E-state index contributed by atoms with van der Waals surface area (Å²) in [5.74, 6) is 0.0847. The van der Waals surface area contributed by atoms with E-state index in [2.05, 4.69) is 48.5 Å². The Labute approximate surface area is 588 Å². The molecule has 0 saturated heterocycles. The largest absolute Gasteiger partial charge is 0.472 e. The van der Waals surface area contributed by atoms with Crippen molar-refractivity contribution >= 4 is 39.5 Å². The molecule has 570 valence electrons. The van der Waals surface area contributed by atoms with Crippen LogP contribution in [-0.4, -0.2) is 96.7 Å². The zero-order chi connectivity index (χ0) is 70.9. The van der Waals surface area contributed by atoms with Crippen LogP contribution in [0.5, 0.6) is 0 Å². The molecule has 0 bridgehead atoms. The summed E-state index contributed by atoms with van der Waals surface area (Å²) >= 11 is 0. The van der Waals surface area contributed by atoms with E-state index in [0.29, 0.717) is 31.6 Å². The fourth-order valence-electron chi connectivity index (χ4n) is 11.7. The number of phosphoric acid groups is 2. The monoisotopic (exact) mass is 1410 g/mol. The highest BCUT2D eigenvalue weighted by Crippen LogP contribution is 2.45. The second-order valence-electron chi connectivity index (χ2n) is 28.9. The van der Waals surface area contributed by atoms with Gasteiger partial charge in [-0.25, -0.2) is 9.13 Å². The van der Waals surface area contributed by atoms with Crippen LogP contribution < -0.4 is 0 Å². The van der Waals surface area contributed by atoms with E-state index in [0.717, 1.165) is 108 Å². The molecule has 0 saturated carbocycles. The highest BCUT2D eigenvalue weighted by molar-refractivity contribution is 7.47. The number of ether oxygens (including phenoxy) is 4. The van der Waals surface area contributed by atoms with Gasteiger partial charge in [-0.05, 0) is 43.4 Å². The third-order valence-corrected chi connectivity index (χ3v) is 20.1. The van der Waals surface area contributed by atoms with Crippen molar-refractivity contribution in [3.63, 3.8) is 0 Å². The predicted molar refractivity (Wildman–Crippen MR) is 391 cm³/mol. The lowest BCUT2D eigenvalue weighted by Crippen LogP contribution is -2.30. The van der Waals surface area contributed by atoms with Gasteiger partial charge >= 0.3 is 39.5 Å². The number of phosphoric ester groups is 2. The summed E-state index contributed by atoms with van der Waals surface area (Å²) in [6.45, 7) is 11.8. The van der Waals surface area contributed by atoms with E-state index >= 15 is 0 Å². The SMILES string of the molecule is CCCCCCCCCCCCCCCCCCCCCCCCC(=O)O[C@H](COC(=O)CCCCCCCCCCCCC(C)C)COP(=O)(O)OC[C@@H](O)COP(=O)(O)OC[C@@H](COC(=O)CCCCCCCCC(C)C)OC(=O)CCCCCCCCCCC(C)CC. The van der Waals surface area contributed by atoms with Crippen LogP contribution >= 0.6 is 15.6 Å². The first kappa shape index (κ1) is 94.1. The van der Waals surface area contributed by atoms with E-state index in [-0.39, 0.29) is 25.7 Å². The molecule has 0 aliphatic carbocycles. The molecular weight excluding hydrogens is 1260 g/mol. The molecule has 17 nitrogen and oxygen atoms in total. The summed E-state index contributed by atoms with van der Waals surface area (Å²) in [4.78, 5) is 72.8. The molecule has 0 amide bonds. The molecule has 0 fully saturated rings. The van der Waals surface area contributed by atoms with Crippen LogP contribution in [0.2, 0.25) is 0 Å². The minimum absolute atomic E-state index is 0.104. The normalized spacial score (nSPS) is 14.3. The van der Waals surface area contributed by atoms with E-state index in [4.69, 9.17) is 37.0 Å². The molecule has 3 N–H and O–H groups in total. The Morgan fingerprint density at radius 2 is 0.531 bits per heavy atom. The van der Waals surface area contributed by atoms with E-state index in [1.54, 1.807) is 0 Å². The number of hydrogen-bond donors (Lipinski definition) is 3. The van der Waals surface area contributed by atoms with Crippen LogP contribution in [0.3, 0.4) is 0 Å². The number of carbonyl (C=O) groups is 4. The Balaban J connectivity index is 5.18. The Morgan fingerprint density at radius 3 is 0.792 bits per heavy atom. The number of rotatable bonds is 75. The highest BCUT2D eigenvalue weighted by Gasteiger charge is 2.30. The van der Waals surface area contributed by atoms with Crippen molar-refractivity contribution in [1.82, 2.24) is 0 Å². The van der Waals surface area contributed by atoms with Crippen LogP contribution in [0.25, 0.3) is 0 Å². The number of aliphatic hydroxyl groups is 1. The van der Waals surface area contributed by atoms with E-state index in [1.165, 1.54) is 199 Å². The van der Waals surface area contributed by atoms with Gasteiger partial charge < -0.3 is 33.8 Å². The van der Waals surface area contributed by atoms with Gasteiger partial charge in [-0.3, -0.25) is 37.3 Å². The first-order valence-electron chi connectivity index (χ1n) is 39.9. The molecule has 0 aliphatic rings. The van der Waals surface area contributed by atoms with Crippen LogP contribution in [0, 0.1) is 17.8 Å². The number of unbranched alkanes of at least 4 members (excludes halogenated alkanes) is 42. The van der Waals surface area contributed by atoms with Gasteiger partial charge in [-0.2, -0.15) is 0 Å². The van der Waals surface area contributed by atoms with E-state index in [9.17, 15) is 43.2 Å². The van der Waals surface area contributed by atoms with E-state index in [1.807, 2.05) is 0 Å². The fourth-order valence-corrected chi connectivity index (χ4v) is 13.3. The maximum absolute atomic E-state index is 13.1. The smallest absolute Gasteiger partial charge is 0.462 e. The predicted octanol–water partition coefficient (Wildman–Crippen LogP) is 22.6. The molecule has 0 aromatic heterocycles. The topological polar surface area (TPSA) is 237 Å². The fraction of sp³-hybridized carbons (Fsp3) is 0.948. The second-order valence-corrected chi connectivity index (χ2v) is 31.8. The van der Waals surface area contributed by atoms with Gasteiger partial charge in [0, 0.05) is 25.7 Å². The third kappa shape index (κ3) is 69.2. The standard InChI is InChI=1S/C77H150O17P2/c1-8-10-11-12-13-14-15-16-17-18-19-20-21-22-23-24-25-26-31-37-46-53-60-76(81)93-72(64-87-74(79)58-51-44-36-30-28-27-29-34-41-48-55-68(3)4)66-91-95(83,84)89-62-71(78)63-90-96(85,86)92-67-73(65-88-75(80)59-52-45-40-39-42-49-56-69(5)6)94-77(82)61-54-47-38-33-32-35-43-50-57-70(7)9-2/h68-73,78H,8-67H2,1-7H3,(H,83,84)(H,85,86)/t70?,71-,72-,73-/m1/s1. The molecule has 3 unspecified atom stereocenters. The maximum atomic E-state index is 13.1. The zero-order valence-corrected chi connectivity index (χ0v) is 64.6. The summed E-state index contributed by atoms with van der Waals surface area (Å²) in [7, 11) is -9.91. The van der Waals surface area contributed by atoms with Gasteiger partial charge in [0.05, 0.1) is 26.4 Å². The van der Waals surface area contributed by atoms with Crippen LogP contribution in [0.4, 0.5) is 0 Å². The van der Waals surface area contributed by atoms with Crippen LogP contribution in [0.1, 0.15) is 395 Å². The number of aliphatic hydroxyl groups excluding tert-OH is 1. The summed E-state index contributed by atoms with van der Waals surface area (Å²) < 4.78 is 68.5. The second kappa shape index (κ2) is 67.5. The summed E-state index contributed by atoms with van der Waals surface area (Å²) in [5.41, 5.74) is 0. The number of carbonyl (C=O) groups excluding carboxylic acids is 4. The molecule has 0 aromatic rings. The summed E-state index contributed by atoms with van der Waals surface area (Å²) in [6.07, 6.45) is 54.4. The van der Waals surface area contributed by atoms with Crippen molar-refractivity contribution in [2.75, 3.05) is 39.6 Å². The lowest BCUT2D eigenvalue weighted by molar-refractivity contribution is -0.161. The molecular formula is C77H150O17P2. The molecule has 0 aliphatic heterocycles. The van der Waals surface area contributed by atoms with Gasteiger partial charge in [0.1, 0.15) is 19.3 Å². The quantitative estimate of drug-likeness (QED) is 0.0222. The van der Waals surface area contributed by atoms with Crippen molar-refractivity contribution in [1.29, 1.82) is 0 Å². The molecule has 0 rings (SSSR count). The minimum Gasteiger partial charge on any atom is -0.462 e. The van der Waals surface area contributed by atoms with Gasteiger partial charge in [0.25, 0.3) is 0 Å². The zero-order valence-electron chi connectivity index (χ0n) is 62.8. The van der Waals surface area contributed by atoms with Crippen molar-refractivity contribution < 1.29 is 80.2 Å². The lowest BCUT2D eigenvalue weighted by atomic mass is 9.99. The molecule has 6 atom stereocenters. The van der Waals surface area contributed by atoms with Crippen LogP contribution in [-0.2, 0) is 65.4 Å². The lowest BCUT2D eigenvalue weighted by Gasteiger charge is -2.21. The third-order valence-electron chi connectivity index (χ3n) is 18.2. The van der Waals surface area contributed by atoms with Crippen molar-refractivity contribution in [2.24, 2.45) is 17.8 Å². The summed E-state index contributed by atoms with van der Waals surface area (Å²) in [6, 6.07) is 0. The van der Waals surface area contributed by atoms with Crippen molar-refractivity contribution in [3.8, 4) is 0 Å². The highest BCUT2D eigenvalue weighted by atomic mass is 31.2. The molecule has 19 heteroatoms. The molecule has 0 heterocycles. The van der Waals surface area contributed by atoms with Crippen LogP contribution in [0.15, 0.2) is 0 Å². The van der Waals surface area contributed by atoms with Crippen molar-refractivity contribution in [2.45, 2.75) is 414 Å². The van der Waals surface area contributed by atoms with Gasteiger partial charge in [-0.1, -0.05) is 344 Å². The molecule has 0 aromatic carbocycles. The Hall–Kier alpha value is -1.94. The van der Waals surface area contributed by atoms with Crippen molar-refractivity contribution in [3.05, 3.63) is 0 Å². The minimum atomic E-state index is -4.96. The average molecular weight is 1410 g/mol. The maximum Gasteiger partial charge on any atom is 0.472 e. The molecule has 96 heavy (non-hydrogen) atoms. The molecule has 0 radical (unpaired) electrons. The van der Waals surface area contributed by atoms with Gasteiger partial charge in [0.15, 0.2) is 12.2 Å². The first-order valence-corrected chi connectivity index (χ1v) is 42.9. The number of hydrogen-bond acceptors (Lipinski definition) is 15. The van der Waals surface area contributed by atoms with Gasteiger partial charge in [0.2, 0.25) is 0 Å². The Kier molecular flexibility index (Phi) is 66.2. The number of esters is 4. The Bertz CT molecular complexity index is 1870. The Morgan fingerprint density at radius 1 is 0.302 bits per heavy atom. The first-order chi connectivity index (χ1) is 46.3. The summed E-state index contributed by atoms with van der Waals surface area (Å²) in [5, 5.41) is 10.6. The van der Waals surface area contributed by atoms with E-state index < -0.39 is 97.5 Å². The van der Waals surface area contributed by atoms with Gasteiger partial charge in [-0.15, -0.1) is 0 Å².